The molecule has 1 N–H and O–H groups in total. The molecule has 196 valence electrons. The third-order valence-corrected chi connectivity index (χ3v) is 7.12. The molecule has 2 aromatic carbocycles. The highest BCUT2D eigenvalue weighted by Gasteiger charge is 2.36. The number of imide groups is 1. The van der Waals surface area contributed by atoms with Crippen molar-refractivity contribution >= 4 is 62.2 Å². The summed E-state index contributed by atoms with van der Waals surface area (Å²) in [4.78, 5) is 41.5. The van der Waals surface area contributed by atoms with E-state index in [1.165, 1.54) is 0 Å². The maximum atomic E-state index is 12.9. The van der Waals surface area contributed by atoms with Crippen molar-refractivity contribution in [3.63, 3.8) is 0 Å². The number of halogens is 1. The number of anilines is 2. The highest BCUT2D eigenvalue weighted by atomic mass is 79.9. The van der Waals surface area contributed by atoms with E-state index in [0.29, 0.717) is 53.7 Å². The minimum atomic E-state index is -0.518. The number of carbonyl (C=O) groups is 3. The van der Waals surface area contributed by atoms with E-state index in [9.17, 15) is 14.4 Å². The van der Waals surface area contributed by atoms with Gasteiger partial charge in [-0.2, -0.15) is 0 Å². The molecule has 2 aromatic rings. The fourth-order valence-electron chi connectivity index (χ4n) is 3.93. The van der Waals surface area contributed by atoms with Crippen LogP contribution in [0.2, 0.25) is 0 Å². The molecule has 2 aliphatic heterocycles. The fourth-order valence-corrected chi connectivity index (χ4v) is 5.34. The van der Waals surface area contributed by atoms with Gasteiger partial charge < -0.3 is 24.4 Å². The van der Waals surface area contributed by atoms with E-state index in [2.05, 4.69) is 26.1 Å². The summed E-state index contributed by atoms with van der Waals surface area (Å²) in [7, 11) is 0. The average molecular weight is 590 g/mol. The molecule has 0 aliphatic carbocycles. The van der Waals surface area contributed by atoms with Crippen molar-refractivity contribution in [3.05, 3.63) is 51.3 Å². The predicted octanol–water partition coefficient (Wildman–Crippen LogP) is 4.76. The Balaban J connectivity index is 1.41. The summed E-state index contributed by atoms with van der Waals surface area (Å²) >= 11 is 4.28. The second kappa shape index (κ2) is 12.5. The molecule has 2 heterocycles. The lowest BCUT2D eigenvalue weighted by atomic mass is 10.2. The van der Waals surface area contributed by atoms with Crippen molar-refractivity contribution in [3.8, 4) is 11.5 Å². The summed E-state index contributed by atoms with van der Waals surface area (Å²) in [5, 5.41) is 2.26. The van der Waals surface area contributed by atoms with Crippen LogP contribution in [0.4, 0.5) is 16.2 Å². The summed E-state index contributed by atoms with van der Waals surface area (Å²) in [6.07, 6.45) is 1.61. The molecule has 0 atom stereocenters. The third kappa shape index (κ3) is 6.65. The zero-order chi connectivity index (χ0) is 26.4. The molecule has 2 fully saturated rings. The first-order valence-electron chi connectivity index (χ1n) is 12.0. The van der Waals surface area contributed by atoms with E-state index in [-0.39, 0.29) is 11.4 Å². The van der Waals surface area contributed by atoms with Gasteiger partial charge in [-0.15, -0.1) is 0 Å². The number of hydrogen-bond donors (Lipinski definition) is 1. The van der Waals surface area contributed by atoms with Crippen LogP contribution >= 0.6 is 27.7 Å². The van der Waals surface area contributed by atoms with Crippen LogP contribution in [0.1, 0.15) is 19.4 Å². The number of nitrogens with one attached hydrogen (secondary N) is 1. The van der Waals surface area contributed by atoms with E-state index in [1.807, 2.05) is 26.0 Å². The lowest BCUT2D eigenvalue weighted by molar-refractivity contribution is -0.127. The van der Waals surface area contributed by atoms with Crippen LogP contribution < -0.4 is 19.7 Å². The molecule has 37 heavy (non-hydrogen) atoms. The van der Waals surface area contributed by atoms with Crippen molar-refractivity contribution in [1.82, 2.24) is 4.90 Å². The Labute approximate surface area is 228 Å². The van der Waals surface area contributed by atoms with Gasteiger partial charge in [-0.1, -0.05) is 0 Å². The van der Waals surface area contributed by atoms with Gasteiger partial charge in [0.05, 0.1) is 35.8 Å². The first kappa shape index (κ1) is 27.0. The molecule has 2 aliphatic rings. The number of amides is 3. The maximum Gasteiger partial charge on any atom is 0.294 e. The van der Waals surface area contributed by atoms with Crippen LogP contribution in [0.5, 0.6) is 11.5 Å². The summed E-state index contributed by atoms with van der Waals surface area (Å²) in [6.45, 7) is 7.30. The van der Waals surface area contributed by atoms with Crippen LogP contribution in [-0.2, 0) is 14.3 Å². The Morgan fingerprint density at radius 2 is 1.81 bits per heavy atom. The van der Waals surface area contributed by atoms with Crippen molar-refractivity contribution in [2.45, 2.75) is 13.8 Å². The van der Waals surface area contributed by atoms with Gasteiger partial charge in [0.1, 0.15) is 6.54 Å². The number of morpholine rings is 1. The van der Waals surface area contributed by atoms with Gasteiger partial charge in [0, 0.05) is 24.5 Å². The zero-order valence-corrected chi connectivity index (χ0v) is 23.0. The second-order valence-electron chi connectivity index (χ2n) is 8.16. The van der Waals surface area contributed by atoms with Crippen molar-refractivity contribution < 1.29 is 28.6 Å². The highest BCUT2D eigenvalue weighted by molar-refractivity contribution is 9.10. The van der Waals surface area contributed by atoms with Gasteiger partial charge in [-0.25, -0.2) is 0 Å². The largest absolute Gasteiger partial charge is 0.490 e. The van der Waals surface area contributed by atoms with Gasteiger partial charge in [-0.05, 0) is 89.6 Å². The summed E-state index contributed by atoms with van der Waals surface area (Å²) in [5.74, 6) is 0.133. The Bertz CT molecular complexity index is 1200. The fraction of sp³-hybridized carbons (Fsp3) is 0.346. The molecular weight excluding hydrogens is 562 g/mol. The molecular formula is C26H28BrN3O6S. The molecule has 0 spiro atoms. The standard InChI is InChI=1S/C26H28BrN3O6S/c1-3-35-21-14-17(13-20(27)24(21)36-4-2)15-22-25(32)30(26(33)37-22)16-23(31)28-18-5-7-19(8-6-18)29-9-11-34-12-10-29/h5-8,13-15H,3-4,9-12,16H2,1-2H3,(H,28,31)/b22-15+. The number of rotatable bonds is 9. The Morgan fingerprint density at radius 1 is 1.11 bits per heavy atom. The van der Waals surface area contributed by atoms with Crippen molar-refractivity contribution in [2.24, 2.45) is 0 Å². The molecule has 11 heteroatoms. The van der Waals surface area contributed by atoms with Crippen LogP contribution in [-0.4, -0.2) is 68.0 Å². The van der Waals surface area contributed by atoms with Gasteiger partial charge >= 0.3 is 0 Å². The van der Waals surface area contributed by atoms with E-state index in [0.717, 1.165) is 35.4 Å². The van der Waals surface area contributed by atoms with Crippen LogP contribution in [0.15, 0.2) is 45.8 Å². The Kier molecular flexibility index (Phi) is 9.12. The quantitative estimate of drug-likeness (QED) is 0.418. The van der Waals surface area contributed by atoms with E-state index < -0.39 is 17.1 Å². The van der Waals surface area contributed by atoms with Gasteiger partial charge in [0.2, 0.25) is 5.91 Å². The Hall–Kier alpha value is -3.02. The average Bonchev–Trinajstić information content (AvgIpc) is 3.14. The van der Waals surface area contributed by atoms with Gasteiger partial charge in [-0.3, -0.25) is 19.3 Å². The number of thioether (sulfide) groups is 1. The van der Waals surface area contributed by atoms with Crippen LogP contribution in [0.25, 0.3) is 6.08 Å². The molecule has 0 unspecified atom stereocenters. The number of ether oxygens (including phenoxy) is 3. The first-order chi connectivity index (χ1) is 17.9. The minimum Gasteiger partial charge on any atom is -0.490 e. The first-order valence-corrected chi connectivity index (χ1v) is 13.6. The second-order valence-corrected chi connectivity index (χ2v) is 10.0. The van der Waals surface area contributed by atoms with Gasteiger partial charge in [0.15, 0.2) is 11.5 Å². The highest BCUT2D eigenvalue weighted by Crippen LogP contribution is 2.39. The van der Waals surface area contributed by atoms with E-state index in [1.54, 1.807) is 30.3 Å². The normalized spacial score (nSPS) is 16.9. The van der Waals surface area contributed by atoms with Crippen LogP contribution in [0, 0.1) is 0 Å². The SMILES string of the molecule is CCOc1cc(/C=C2/SC(=O)N(CC(=O)Nc3ccc(N4CCOCC4)cc3)C2=O)cc(Br)c1OCC. The minimum absolute atomic E-state index is 0.228. The third-order valence-electron chi connectivity index (χ3n) is 5.62. The molecule has 0 saturated carbocycles. The predicted molar refractivity (Wildman–Crippen MR) is 147 cm³/mol. The number of hydrogen-bond acceptors (Lipinski definition) is 8. The molecule has 0 radical (unpaired) electrons. The number of benzene rings is 2. The molecule has 4 rings (SSSR count). The topological polar surface area (TPSA) is 97.4 Å². The Morgan fingerprint density at radius 3 is 2.49 bits per heavy atom. The van der Waals surface area contributed by atoms with Crippen molar-refractivity contribution in [1.29, 1.82) is 0 Å². The molecule has 0 bridgehead atoms. The summed E-state index contributed by atoms with van der Waals surface area (Å²) in [6, 6.07) is 11.0. The van der Waals surface area contributed by atoms with E-state index >= 15 is 0 Å². The molecule has 3 amide bonds. The lowest BCUT2D eigenvalue weighted by Crippen LogP contribution is -2.36. The summed E-state index contributed by atoms with van der Waals surface area (Å²) < 4.78 is 17.4. The smallest absolute Gasteiger partial charge is 0.294 e. The number of nitrogens with zero attached hydrogens (tertiary/aromatic N) is 2. The number of carbonyl (C=O) groups excluding carboxylic acids is 3. The van der Waals surface area contributed by atoms with E-state index in [4.69, 9.17) is 14.2 Å². The molecule has 2 saturated heterocycles. The maximum absolute atomic E-state index is 12.9. The lowest BCUT2D eigenvalue weighted by Gasteiger charge is -2.28. The zero-order valence-electron chi connectivity index (χ0n) is 20.6. The van der Waals surface area contributed by atoms with Crippen LogP contribution in [0.3, 0.4) is 0 Å². The summed E-state index contributed by atoms with van der Waals surface area (Å²) in [5.41, 5.74) is 2.30. The molecule has 9 nitrogen and oxygen atoms in total. The van der Waals surface area contributed by atoms with Gasteiger partial charge in [0.25, 0.3) is 11.1 Å². The monoisotopic (exact) mass is 589 g/mol. The molecule has 0 aromatic heterocycles. The van der Waals surface area contributed by atoms with Crippen molar-refractivity contribution in [2.75, 3.05) is 56.3 Å².